The summed E-state index contributed by atoms with van der Waals surface area (Å²) in [6, 6.07) is 12.3. The summed E-state index contributed by atoms with van der Waals surface area (Å²) in [6.45, 7) is 0. The van der Waals surface area contributed by atoms with E-state index in [4.69, 9.17) is 10.4 Å². The molecule has 0 unspecified atom stereocenters. The van der Waals surface area contributed by atoms with Gasteiger partial charge in [-0.3, -0.25) is 9.97 Å². The molecule has 3 rings (SSSR count). The van der Waals surface area contributed by atoms with Gasteiger partial charge in [-0.25, -0.2) is 4.79 Å². The van der Waals surface area contributed by atoms with Crippen molar-refractivity contribution < 1.29 is 9.90 Å². The van der Waals surface area contributed by atoms with Crippen molar-refractivity contribution in [2.24, 2.45) is 0 Å². The van der Waals surface area contributed by atoms with Crippen LogP contribution < -0.4 is 0 Å². The Kier molecular flexibility index (Phi) is 3.88. The number of carboxylic acids is 1. The summed E-state index contributed by atoms with van der Waals surface area (Å²) in [6.07, 6.45) is 3.25. The molecule has 0 saturated carbocycles. The molecule has 2 heterocycles. The summed E-state index contributed by atoms with van der Waals surface area (Å²) in [5.74, 6) is -1.02. The van der Waals surface area contributed by atoms with Gasteiger partial charge in [-0.1, -0.05) is 0 Å². The number of carboxylic acid groups (broad SMARTS) is 1. The molecule has 1 N–H and O–H groups in total. The van der Waals surface area contributed by atoms with E-state index in [1.165, 1.54) is 24.5 Å². The second-order valence-corrected chi connectivity index (χ2v) is 5.18. The van der Waals surface area contributed by atoms with Crippen molar-refractivity contribution in [2.45, 2.75) is 6.42 Å². The number of rotatable bonds is 3. The molecule has 2 aromatic heterocycles. The van der Waals surface area contributed by atoms with Crippen LogP contribution in [-0.4, -0.2) is 21.0 Å². The average Bonchev–Trinajstić information content (AvgIpc) is 2.60. The van der Waals surface area contributed by atoms with E-state index in [-0.39, 0.29) is 5.56 Å². The molecule has 0 spiro atoms. The van der Waals surface area contributed by atoms with Crippen molar-refractivity contribution in [1.82, 2.24) is 9.97 Å². The van der Waals surface area contributed by atoms with E-state index in [1.807, 2.05) is 12.1 Å². The van der Waals surface area contributed by atoms with E-state index < -0.39 is 5.97 Å². The lowest BCUT2D eigenvalue weighted by atomic mass is 10.0. The number of hydrogen-bond donors (Lipinski definition) is 1. The maximum atomic E-state index is 11.0. The fourth-order valence-corrected chi connectivity index (χ4v) is 2.48. The van der Waals surface area contributed by atoms with Gasteiger partial charge in [0.1, 0.15) is 12.1 Å². The van der Waals surface area contributed by atoms with Gasteiger partial charge >= 0.3 is 5.97 Å². The molecule has 0 aliphatic heterocycles. The molecule has 3 aromatic rings. The van der Waals surface area contributed by atoms with Crippen molar-refractivity contribution in [2.75, 3.05) is 0 Å². The van der Waals surface area contributed by atoms with Crippen LogP contribution in [0.15, 0.2) is 42.7 Å². The highest BCUT2D eigenvalue weighted by molar-refractivity contribution is 5.88. The fourth-order valence-electron chi connectivity index (χ4n) is 2.48. The maximum absolute atomic E-state index is 11.0. The number of pyridine rings is 2. The van der Waals surface area contributed by atoms with E-state index >= 15 is 0 Å². The summed E-state index contributed by atoms with van der Waals surface area (Å²) in [5, 5.41) is 28.1. The van der Waals surface area contributed by atoms with Gasteiger partial charge in [0.25, 0.3) is 0 Å². The number of aromatic carboxylic acids is 1. The molecule has 0 atom stereocenters. The molecule has 24 heavy (non-hydrogen) atoms. The van der Waals surface area contributed by atoms with Crippen LogP contribution in [0.5, 0.6) is 0 Å². The molecule has 0 aliphatic rings. The Bertz CT molecular complexity index is 1050. The van der Waals surface area contributed by atoms with Crippen molar-refractivity contribution in [3.8, 4) is 12.1 Å². The number of benzene rings is 1. The van der Waals surface area contributed by atoms with Gasteiger partial charge in [0.2, 0.25) is 0 Å². The van der Waals surface area contributed by atoms with Crippen LogP contribution in [0, 0.1) is 22.7 Å². The fraction of sp³-hybridized carbons (Fsp3) is 0.0556. The molecule has 0 amide bonds. The van der Waals surface area contributed by atoms with Gasteiger partial charge in [-0.15, -0.1) is 0 Å². The van der Waals surface area contributed by atoms with Gasteiger partial charge in [-0.2, -0.15) is 10.5 Å². The predicted octanol–water partition coefficient (Wildman–Crippen LogP) is 2.66. The first-order valence-electron chi connectivity index (χ1n) is 7.02. The minimum absolute atomic E-state index is 0.162. The van der Waals surface area contributed by atoms with E-state index in [2.05, 4.69) is 16.0 Å². The van der Waals surface area contributed by atoms with Gasteiger partial charge in [0.15, 0.2) is 0 Å². The van der Waals surface area contributed by atoms with E-state index in [0.717, 1.165) is 5.56 Å². The van der Waals surface area contributed by atoms with Crippen LogP contribution in [0.4, 0.5) is 0 Å². The Balaban J connectivity index is 2.07. The molecule has 6 nitrogen and oxygen atoms in total. The Hall–Kier alpha value is -3.77. The maximum Gasteiger partial charge on any atom is 0.335 e. The van der Waals surface area contributed by atoms with Gasteiger partial charge in [0, 0.05) is 29.9 Å². The minimum atomic E-state index is -1.02. The highest BCUT2D eigenvalue weighted by atomic mass is 16.4. The van der Waals surface area contributed by atoms with E-state index in [0.29, 0.717) is 34.1 Å². The largest absolute Gasteiger partial charge is 0.478 e. The Morgan fingerprint density at radius 1 is 1.12 bits per heavy atom. The van der Waals surface area contributed by atoms with Crippen molar-refractivity contribution >= 4 is 16.9 Å². The molecular formula is C18H10N4O2. The highest BCUT2D eigenvalue weighted by Crippen LogP contribution is 2.21. The quantitative estimate of drug-likeness (QED) is 0.795. The second-order valence-electron chi connectivity index (χ2n) is 5.18. The number of carbonyl (C=O) groups is 1. The van der Waals surface area contributed by atoms with Crippen LogP contribution in [-0.2, 0) is 6.42 Å². The number of nitrogens with zero attached hydrogens (tertiary/aromatic N) is 4. The third kappa shape index (κ3) is 2.90. The molecule has 1 aromatic carbocycles. The van der Waals surface area contributed by atoms with Crippen LogP contribution >= 0.6 is 0 Å². The molecule has 0 bridgehead atoms. The van der Waals surface area contributed by atoms with Crippen LogP contribution in [0.1, 0.15) is 32.7 Å². The van der Waals surface area contributed by atoms with Crippen molar-refractivity contribution in [3.63, 3.8) is 0 Å². The lowest BCUT2D eigenvalue weighted by Gasteiger charge is -2.06. The lowest BCUT2D eigenvalue weighted by molar-refractivity contribution is 0.0696. The van der Waals surface area contributed by atoms with Crippen LogP contribution in [0.3, 0.4) is 0 Å². The molecule has 0 aliphatic carbocycles. The first kappa shape index (κ1) is 15.1. The summed E-state index contributed by atoms with van der Waals surface area (Å²) in [4.78, 5) is 19.4. The van der Waals surface area contributed by atoms with Crippen LogP contribution in [0.25, 0.3) is 10.9 Å². The summed E-state index contributed by atoms with van der Waals surface area (Å²) < 4.78 is 0. The number of fused-ring (bicyclic) bond motifs is 1. The number of nitriles is 2. The summed E-state index contributed by atoms with van der Waals surface area (Å²) >= 11 is 0. The smallest absolute Gasteiger partial charge is 0.335 e. The second kappa shape index (κ2) is 6.15. The third-order valence-corrected chi connectivity index (χ3v) is 3.54. The Morgan fingerprint density at radius 3 is 2.67 bits per heavy atom. The van der Waals surface area contributed by atoms with E-state index in [1.54, 1.807) is 12.1 Å². The lowest BCUT2D eigenvalue weighted by Crippen LogP contribution is -2.00. The van der Waals surface area contributed by atoms with Gasteiger partial charge in [0.05, 0.1) is 22.2 Å². The topological polar surface area (TPSA) is 111 Å². The third-order valence-electron chi connectivity index (χ3n) is 3.54. The number of aromatic nitrogens is 2. The first-order chi connectivity index (χ1) is 11.6. The van der Waals surface area contributed by atoms with E-state index in [9.17, 15) is 10.1 Å². The Labute approximate surface area is 137 Å². The van der Waals surface area contributed by atoms with Crippen molar-refractivity contribution in [3.05, 3.63) is 70.7 Å². The predicted molar refractivity (Wildman–Crippen MR) is 85.2 cm³/mol. The monoisotopic (exact) mass is 314 g/mol. The zero-order valence-corrected chi connectivity index (χ0v) is 12.4. The molecule has 6 heteroatoms. The summed E-state index contributed by atoms with van der Waals surface area (Å²) in [5.41, 5.74) is 2.90. The molecular weight excluding hydrogens is 304 g/mol. The van der Waals surface area contributed by atoms with Crippen LogP contribution in [0.2, 0.25) is 0 Å². The molecule has 0 saturated heterocycles. The minimum Gasteiger partial charge on any atom is -0.478 e. The standard InChI is InChI=1S/C18H10N4O2/c19-8-12-5-14-3-11(4-15(9-20)17(14)22-10-12)6-16-7-13(18(23)24)1-2-21-16/h1-5,7,10H,6H2,(H,23,24). The van der Waals surface area contributed by atoms with Crippen molar-refractivity contribution in [1.29, 1.82) is 10.5 Å². The average molecular weight is 314 g/mol. The van der Waals surface area contributed by atoms with Gasteiger partial charge < -0.3 is 5.11 Å². The van der Waals surface area contributed by atoms with Gasteiger partial charge in [-0.05, 0) is 35.9 Å². The zero-order chi connectivity index (χ0) is 17.1. The zero-order valence-electron chi connectivity index (χ0n) is 12.4. The molecule has 0 radical (unpaired) electrons. The molecule has 114 valence electrons. The highest BCUT2D eigenvalue weighted by Gasteiger charge is 2.09. The Morgan fingerprint density at radius 2 is 1.96 bits per heavy atom. The first-order valence-corrected chi connectivity index (χ1v) is 7.02. The number of hydrogen-bond acceptors (Lipinski definition) is 5. The normalized spacial score (nSPS) is 10.1. The summed E-state index contributed by atoms with van der Waals surface area (Å²) in [7, 11) is 0. The SMILES string of the molecule is N#Cc1cnc2c(C#N)cc(Cc3cc(C(=O)O)ccn3)cc2c1. The molecule has 0 fully saturated rings.